The molecular formula is C58H36N4O. The normalized spacial score (nSPS) is 11.8. The van der Waals surface area contributed by atoms with E-state index in [9.17, 15) is 0 Å². The topological polar surface area (TPSA) is 48.8 Å². The molecule has 63 heavy (non-hydrogen) atoms. The first-order valence-corrected chi connectivity index (χ1v) is 21.3. The molecule has 13 aromatic rings. The summed E-state index contributed by atoms with van der Waals surface area (Å²) < 4.78 is 11.6. The van der Waals surface area contributed by atoms with Gasteiger partial charge in [-0.05, 0) is 65.7 Å². The van der Waals surface area contributed by atoms with Crippen molar-refractivity contribution in [3.05, 3.63) is 218 Å². The third kappa shape index (κ3) is 5.36. The fourth-order valence-electron chi connectivity index (χ4n) is 9.88. The number of fused-ring (bicyclic) bond motifs is 9. The molecule has 4 aromatic heterocycles. The van der Waals surface area contributed by atoms with Gasteiger partial charge in [-0.2, -0.15) is 0 Å². The van der Waals surface area contributed by atoms with E-state index < -0.39 is 0 Å². The number of hydrogen-bond donors (Lipinski definition) is 0. The number of furan rings is 1. The van der Waals surface area contributed by atoms with E-state index in [1.165, 1.54) is 27.1 Å². The highest BCUT2D eigenvalue weighted by Crippen LogP contribution is 2.52. The largest absolute Gasteiger partial charge is 0.452 e. The van der Waals surface area contributed by atoms with E-state index in [-0.39, 0.29) is 0 Å². The van der Waals surface area contributed by atoms with Crippen LogP contribution in [0.3, 0.4) is 0 Å². The van der Waals surface area contributed by atoms with Gasteiger partial charge in [0.25, 0.3) is 0 Å². The molecule has 9 aromatic carbocycles. The third-order valence-electron chi connectivity index (χ3n) is 12.5. The van der Waals surface area contributed by atoms with E-state index in [0.717, 1.165) is 83.4 Å². The highest BCUT2D eigenvalue weighted by atomic mass is 16.3. The van der Waals surface area contributed by atoms with Crippen LogP contribution in [0.4, 0.5) is 0 Å². The van der Waals surface area contributed by atoms with Crippen molar-refractivity contribution in [1.82, 2.24) is 19.1 Å². The Morgan fingerprint density at radius 2 is 0.825 bits per heavy atom. The lowest BCUT2D eigenvalue weighted by atomic mass is 9.89. The van der Waals surface area contributed by atoms with Gasteiger partial charge in [0.1, 0.15) is 16.8 Å². The van der Waals surface area contributed by atoms with Crippen molar-refractivity contribution in [1.29, 1.82) is 0 Å². The molecule has 5 nitrogen and oxygen atoms in total. The number of para-hydroxylation sites is 5. The average Bonchev–Trinajstić information content (AvgIpc) is 4.02. The number of nitrogens with zero attached hydrogens (tertiary/aromatic N) is 4. The van der Waals surface area contributed by atoms with Crippen molar-refractivity contribution < 1.29 is 4.42 Å². The Kier molecular flexibility index (Phi) is 7.84. The van der Waals surface area contributed by atoms with E-state index in [1.54, 1.807) is 0 Å². The van der Waals surface area contributed by atoms with Crippen molar-refractivity contribution in [2.45, 2.75) is 0 Å². The van der Waals surface area contributed by atoms with Gasteiger partial charge in [-0.25, -0.2) is 9.97 Å². The second-order valence-electron chi connectivity index (χ2n) is 16.1. The zero-order valence-electron chi connectivity index (χ0n) is 34.0. The van der Waals surface area contributed by atoms with E-state index in [1.807, 2.05) is 36.4 Å². The van der Waals surface area contributed by atoms with Gasteiger partial charge in [0.15, 0.2) is 11.4 Å². The Labute approximate surface area is 362 Å². The van der Waals surface area contributed by atoms with Crippen LogP contribution in [-0.4, -0.2) is 19.1 Å². The maximum Gasteiger partial charge on any atom is 0.180 e. The lowest BCUT2D eigenvalue weighted by Gasteiger charge is -2.19. The number of hydrogen-bond acceptors (Lipinski definition) is 3. The fraction of sp³-hybridized carbons (Fsp3) is 0. The van der Waals surface area contributed by atoms with Crippen LogP contribution in [0.2, 0.25) is 0 Å². The van der Waals surface area contributed by atoms with E-state index in [2.05, 4.69) is 191 Å². The second kappa shape index (κ2) is 14.0. The molecule has 0 radical (unpaired) electrons. The molecule has 0 aliphatic carbocycles. The van der Waals surface area contributed by atoms with Crippen molar-refractivity contribution >= 4 is 65.7 Å². The summed E-state index contributed by atoms with van der Waals surface area (Å²) in [6.45, 7) is 0. The molecule has 0 N–H and O–H groups in total. The third-order valence-corrected chi connectivity index (χ3v) is 12.5. The quantitative estimate of drug-likeness (QED) is 0.168. The molecule has 0 unspecified atom stereocenters. The molecule has 0 amide bonds. The SMILES string of the molecule is c1ccc(-c2nc(-c3cccc(-c4c5c6ccccc6n(-c6ccccc6)c5c(-c5ccccc5)c5c6ccccc6n(-c6ccccc6)c45)c3)c3oc4ccccc4c3n2)cc1. The van der Waals surface area contributed by atoms with Gasteiger partial charge in [-0.15, -0.1) is 0 Å². The molecule has 4 heterocycles. The van der Waals surface area contributed by atoms with Gasteiger partial charge >= 0.3 is 0 Å². The molecule has 0 fully saturated rings. The van der Waals surface area contributed by atoms with E-state index in [4.69, 9.17) is 14.4 Å². The molecule has 13 rings (SSSR count). The first-order chi connectivity index (χ1) is 31.3. The van der Waals surface area contributed by atoms with Gasteiger partial charge in [0, 0.05) is 60.6 Å². The molecule has 294 valence electrons. The lowest BCUT2D eigenvalue weighted by molar-refractivity contribution is 0.667. The molecule has 0 spiro atoms. The number of rotatable bonds is 6. The molecule has 0 atom stereocenters. The highest BCUT2D eigenvalue weighted by Gasteiger charge is 2.29. The summed E-state index contributed by atoms with van der Waals surface area (Å²) in [7, 11) is 0. The maximum atomic E-state index is 6.67. The fourth-order valence-corrected chi connectivity index (χ4v) is 9.88. The van der Waals surface area contributed by atoms with E-state index in [0.29, 0.717) is 11.4 Å². The highest BCUT2D eigenvalue weighted by molar-refractivity contribution is 6.33. The van der Waals surface area contributed by atoms with Crippen LogP contribution in [0.15, 0.2) is 223 Å². The van der Waals surface area contributed by atoms with Crippen molar-refractivity contribution in [2.75, 3.05) is 0 Å². The summed E-state index contributed by atoms with van der Waals surface area (Å²) >= 11 is 0. The second-order valence-corrected chi connectivity index (χ2v) is 16.1. The lowest BCUT2D eigenvalue weighted by Crippen LogP contribution is -1.99. The summed E-state index contributed by atoms with van der Waals surface area (Å²) in [6.07, 6.45) is 0. The molecule has 0 saturated heterocycles. The average molecular weight is 805 g/mol. The minimum atomic E-state index is 0.655. The standard InChI is InChI=1S/C58H36N4O/c1-5-20-37(21-6-1)49-51-43-30-13-16-33-46(43)62(42-28-11-4-12-29-42)56(51)50(52-44-31-14-17-34-47(44)61(55(49)52)41-26-9-3-10-27-41)39-24-19-25-40(36-39)53-57-54(45-32-15-18-35-48(45)63-57)60-58(59-53)38-22-7-2-8-23-38/h1-36H. The first-order valence-electron chi connectivity index (χ1n) is 21.3. The van der Waals surface area contributed by atoms with Crippen LogP contribution in [0.1, 0.15) is 0 Å². The van der Waals surface area contributed by atoms with Crippen LogP contribution >= 0.6 is 0 Å². The minimum Gasteiger partial charge on any atom is -0.452 e. The number of benzene rings is 9. The van der Waals surface area contributed by atoms with Crippen LogP contribution in [0.25, 0.3) is 122 Å². The van der Waals surface area contributed by atoms with Gasteiger partial charge in [0.2, 0.25) is 0 Å². The van der Waals surface area contributed by atoms with Crippen LogP contribution in [-0.2, 0) is 0 Å². The van der Waals surface area contributed by atoms with Gasteiger partial charge in [-0.1, -0.05) is 164 Å². The van der Waals surface area contributed by atoms with Crippen molar-refractivity contribution in [3.8, 4) is 56.3 Å². The number of aromatic nitrogens is 4. The summed E-state index contributed by atoms with van der Waals surface area (Å²) in [5.41, 5.74) is 16.2. The summed E-state index contributed by atoms with van der Waals surface area (Å²) in [5, 5.41) is 5.70. The Morgan fingerprint density at radius 1 is 0.365 bits per heavy atom. The molecular weight excluding hydrogens is 769 g/mol. The first kappa shape index (κ1) is 35.2. The predicted molar refractivity (Wildman–Crippen MR) is 260 cm³/mol. The Bertz CT molecular complexity index is 3880. The summed E-state index contributed by atoms with van der Waals surface area (Å²) in [5.74, 6) is 0.655. The molecule has 0 aliphatic rings. The van der Waals surface area contributed by atoms with Gasteiger partial charge in [0.05, 0.1) is 22.1 Å². The zero-order valence-corrected chi connectivity index (χ0v) is 34.0. The Balaban J connectivity index is 1.24. The summed E-state index contributed by atoms with van der Waals surface area (Å²) in [4.78, 5) is 10.5. The maximum absolute atomic E-state index is 6.67. The molecule has 0 aliphatic heterocycles. The van der Waals surface area contributed by atoms with Crippen LogP contribution in [0.5, 0.6) is 0 Å². The summed E-state index contributed by atoms with van der Waals surface area (Å²) in [6, 6.07) is 77.5. The molecule has 0 saturated carbocycles. The van der Waals surface area contributed by atoms with Crippen LogP contribution < -0.4 is 0 Å². The van der Waals surface area contributed by atoms with Crippen LogP contribution in [0, 0.1) is 0 Å². The van der Waals surface area contributed by atoms with Crippen molar-refractivity contribution in [3.63, 3.8) is 0 Å². The van der Waals surface area contributed by atoms with E-state index >= 15 is 0 Å². The monoisotopic (exact) mass is 804 g/mol. The van der Waals surface area contributed by atoms with Gasteiger partial charge < -0.3 is 13.6 Å². The van der Waals surface area contributed by atoms with Crippen molar-refractivity contribution in [2.24, 2.45) is 0 Å². The molecule has 0 bridgehead atoms. The predicted octanol–water partition coefficient (Wildman–Crippen LogP) is 15.2. The molecule has 5 heteroatoms. The Morgan fingerprint density at radius 3 is 1.43 bits per heavy atom. The smallest absolute Gasteiger partial charge is 0.180 e. The Hall–Kier alpha value is -8.54. The minimum absolute atomic E-state index is 0.655. The zero-order chi connectivity index (χ0) is 41.4. The van der Waals surface area contributed by atoms with Gasteiger partial charge in [-0.3, -0.25) is 0 Å².